The van der Waals surface area contributed by atoms with Crippen LogP contribution < -0.4 is 10.1 Å². The quantitative estimate of drug-likeness (QED) is 0.498. The van der Waals surface area contributed by atoms with E-state index in [2.05, 4.69) is 10.3 Å². The van der Waals surface area contributed by atoms with Gasteiger partial charge in [0, 0.05) is 11.6 Å². The van der Waals surface area contributed by atoms with Gasteiger partial charge >= 0.3 is 0 Å². The van der Waals surface area contributed by atoms with Crippen molar-refractivity contribution in [2.24, 2.45) is 0 Å². The summed E-state index contributed by atoms with van der Waals surface area (Å²) in [5, 5.41) is 2.80. The second kappa shape index (κ2) is 7.13. The Kier molecular flexibility index (Phi) is 4.52. The molecule has 0 unspecified atom stereocenters. The molecule has 0 fully saturated rings. The Morgan fingerprint density at radius 2 is 1.67 bits per heavy atom. The molecule has 0 atom stereocenters. The lowest BCUT2D eigenvalue weighted by atomic mass is 10.2. The molecular formula is C20H12F2N2O2S. The first kappa shape index (κ1) is 17.1. The van der Waals surface area contributed by atoms with Gasteiger partial charge in [0.15, 0.2) is 10.9 Å². The fourth-order valence-corrected chi connectivity index (χ4v) is 3.38. The average Bonchev–Trinajstić information content (AvgIpc) is 3.06. The third kappa shape index (κ3) is 3.78. The number of nitrogens with one attached hydrogen (secondary N) is 1. The number of rotatable bonds is 4. The van der Waals surface area contributed by atoms with Crippen molar-refractivity contribution < 1.29 is 18.3 Å². The second-order valence-corrected chi connectivity index (χ2v) is 6.68. The van der Waals surface area contributed by atoms with Crippen LogP contribution in [0.2, 0.25) is 0 Å². The van der Waals surface area contributed by atoms with Crippen LogP contribution in [0.4, 0.5) is 13.9 Å². The summed E-state index contributed by atoms with van der Waals surface area (Å²) in [5.41, 5.74) is 0.421. The minimum atomic E-state index is -0.760. The molecule has 27 heavy (non-hydrogen) atoms. The number of thiazole rings is 1. The molecule has 1 aromatic heterocycles. The largest absolute Gasteiger partial charge is 0.457 e. The fraction of sp³-hybridized carbons (Fsp3) is 0. The lowest BCUT2D eigenvalue weighted by Crippen LogP contribution is -2.11. The molecule has 7 heteroatoms. The molecule has 0 bridgehead atoms. The van der Waals surface area contributed by atoms with Crippen LogP contribution in [0.1, 0.15) is 10.4 Å². The molecule has 0 saturated heterocycles. The van der Waals surface area contributed by atoms with Crippen LogP contribution in [0.5, 0.6) is 11.5 Å². The first-order valence-corrected chi connectivity index (χ1v) is 8.80. The van der Waals surface area contributed by atoms with Crippen LogP contribution in [0.25, 0.3) is 10.2 Å². The zero-order valence-corrected chi connectivity index (χ0v) is 14.6. The number of anilines is 1. The molecule has 4 aromatic rings. The number of amides is 1. The summed E-state index contributed by atoms with van der Waals surface area (Å²) in [6, 6.07) is 17.8. The highest BCUT2D eigenvalue weighted by Gasteiger charge is 2.13. The Morgan fingerprint density at radius 3 is 2.41 bits per heavy atom. The number of carbonyl (C=O) groups is 1. The summed E-state index contributed by atoms with van der Waals surface area (Å²) >= 11 is 1.01. The molecule has 134 valence electrons. The summed E-state index contributed by atoms with van der Waals surface area (Å²) < 4.78 is 33.0. The maximum absolute atomic E-state index is 13.7. The van der Waals surface area contributed by atoms with Crippen LogP contribution in [-0.2, 0) is 0 Å². The molecule has 1 amide bonds. The zero-order valence-electron chi connectivity index (χ0n) is 13.8. The highest BCUT2D eigenvalue weighted by Crippen LogP contribution is 2.29. The third-order valence-electron chi connectivity index (χ3n) is 3.73. The van der Waals surface area contributed by atoms with E-state index in [-0.39, 0.29) is 10.6 Å². The lowest BCUT2D eigenvalue weighted by Gasteiger charge is -2.06. The van der Waals surface area contributed by atoms with Crippen LogP contribution in [0.15, 0.2) is 66.7 Å². The van der Waals surface area contributed by atoms with Gasteiger partial charge in [-0.3, -0.25) is 10.1 Å². The second-order valence-electron chi connectivity index (χ2n) is 5.65. The Hall–Kier alpha value is -3.32. The van der Waals surface area contributed by atoms with Gasteiger partial charge in [0.2, 0.25) is 0 Å². The molecule has 4 rings (SSSR count). The summed E-state index contributed by atoms with van der Waals surface area (Å²) in [6.07, 6.45) is 0. The van der Waals surface area contributed by atoms with Crippen molar-refractivity contribution in [3.8, 4) is 11.5 Å². The van der Waals surface area contributed by atoms with E-state index in [1.54, 1.807) is 24.3 Å². The van der Waals surface area contributed by atoms with Gasteiger partial charge in [-0.25, -0.2) is 13.8 Å². The van der Waals surface area contributed by atoms with Crippen molar-refractivity contribution in [2.45, 2.75) is 0 Å². The maximum atomic E-state index is 13.7. The highest BCUT2D eigenvalue weighted by molar-refractivity contribution is 7.22. The van der Waals surface area contributed by atoms with Gasteiger partial charge < -0.3 is 4.74 Å². The number of benzene rings is 3. The number of carbonyl (C=O) groups excluding carboxylic acids is 1. The monoisotopic (exact) mass is 382 g/mol. The molecule has 1 heterocycles. The topological polar surface area (TPSA) is 51.2 Å². The molecular weight excluding hydrogens is 370 g/mol. The average molecular weight is 382 g/mol. The Morgan fingerprint density at radius 1 is 0.963 bits per heavy atom. The van der Waals surface area contributed by atoms with E-state index in [1.807, 2.05) is 30.3 Å². The van der Waals surface area contributed by atoms with E-state index >= 15 is 0 Å². The van der Waals surface area contributed by atoms with E-state index < -0.39 is 17.5 Å². The van der Waals surface area contributed by atoms with Crippen molar-refractivity contribution >= 4 is 32.6 Å². The van der Waals surface area contributed by atoms with Crippen molar-refractivity contribution in [3.05, 3.63) is 83.9 Å². The third-order valence-corrected chi connectivity index (χ3v) is 4.65. The molecule has 0 saturated carbocycles. The molecule has 4 nitrogen and oxygen atoms in total. The first-order chi connectivity index (χ1) is 13.1. The number of fused-ring (bicyclic) bond motifs is 1. The van der Waals surface area contributed by atoms with E-state index in [1.165, 1.54) is 6.07 Å². The number of nitrogens with zero attached hydrogens (tertiary/aromatic N) is 1. The summed E-state index contributed by atoms with van der Waals surface area (Å²) in [6.45, 7) is 0. The van der Waals surface area contributed by atoms with Gasteiger partial charge in [-0.05, 0) is 42.5 Å². The molecule has 0 aliphatic heterocycles. The van der Waals surface area contributed by atoms with Crippen LogP contribution in [-0.4, -0.2) is 10.9 Å². The van der Waals surface area contributed by atoms with E-state index in [0.29, 0.717) is 21.8 Å². The number of para-hydroxylation sites is 1. The molecule has 0 aliphatic rings. The van der Waals surface area contributed by atoms with Crippen LogP contribution >= 0.6 is 11.3 Å². The minimum absolute atomic E-state index is 0.0308. The maximum Gasteiger partial charge on any atom is 0.257 e. The highest BCUT2D eigenvalue weighted by atomic mass is 32.1. The molecule has 0 radical (unpaired) electrons. The van der Waals surface area contributed by atoms with Gasteiger partial charge in [0.25, 0.3) is 5.91 Å². The molecule has 0 aliphatic carbocycles. The first-order valence-electron chi connectivity index (χ1n) is 7.98. The van der Waals surface area contributed by atoms with Crippen molar-refractivity contribution in [3.63, 3.8) is 0 Å². The minimum Gasteiger partial charge on any atom is -0.457 e. The predicted octanol–water partition coefficient (Wildman–Crippen LogP) is 5.62. The van der Waals surface area contributed by atoms with Gasteiger partial charge in [-0.1, -0.05) is 29.5 Å². The molecule has 1 N–H and O–H groups in total. The standard InChI is InChI=1S/C20H12F2N2O2S/c21-13-10-16(22)18-17(11-13)27-20(23-18)24-19(25)12-6-8-15(9-7-12)26-14-4-2-1-3-5-14/h1-11H,(H,23,24,25). The van der Waals surface area contributed by atoms with Gasteiger partial charge in [-0.2, -0.15) is 0 Å². The van der Waals surface area contributed by atoms with Gasteiger partial charge in [0.1, 0.15) is 22.8 Å². The van der Waals surface area contributed by atoms with Gasteiger partial charge in [0.05, 0.1) is 4.70 Å². The Labute approximate surface area is 157 Å². The summed E-state index contributed by atoms with van der Waals surface area (Å²) in [7, 11) is 0. The number of aromatic nitrogens is 1. The normalized spacial score (nSPS) is 10.7. The van der Waals surface area contributed by atoms with Crippen molar-refractivity contribution in [2.75, 3.05) is 5.32 Å². The van der Waals surface area contributed by atoms with Crippen molar-refractivity contribution in [1.82, 2.24) is 4.98 Å². The summed E-state index contributed by atoms with van der Waals surface area (Å²) in [4.78, 5) is 16.4. The number of halogens is 2. The number of hydrogen-bond acceptors (Lipinski definition) is 4. The number of hydrogen-bond donors (Lipinski definition) is 1. The van der Waals surface area contributed by atoms with Crippen LogP contribution in [0, 0.1) is 11.6 Å². The zero-order chi connectivity index (χ0) is 18.8. The smallest absolute Gasteiger partial charge is 0.257 e. The Balaban J connectivity index is 1.49. The molecule has 3 aromatic carbocycles. The summed E-state index contributed by atoms with van der Waals surface area (Å²) in [5.74, 6) is -0.561. The SMILES string of the molecule is O=C(Nc1nc2c(F)cc(F)cc2s1)c1ccc(Oc2ccccc2)cc1. The van der Waals surface area contributed by atoms with E-state index in [4.69, 9.17) is 4.74 Å². The van der Waals surface area contributed by atoms with E-state index in [0.717, 1.165) is 17.4 Å². The fourth-order valence-electron chi connectivity index (χ4n) is 2.48. The number of ether oxygens (including phenoxy) is 1. The van der Waals surface area contributed by atoms with Crippen molar-refractivity contribution in [1.29, 1.82) is 0 Å². The van der Waals surface area contributed by atoms with E-state index in [9.17, 15) is 13.6 Å². The van der Waals surface area contributed by atoms with Gasteiger partial charge in [-0.15, -0.1) is 0 Å². The lowest BCUT2D eigenvalue weighted by molar-refractivity contribution is 0.102. The predicted molar refractivity (Wildman–Crippen MR) is 100 cm³/mol. The molecule has 0 spiro atoms. The van der Waals surface area contributed by atoms with Crippen LogP contribution in [0.3, 0.4) is 0 Å². The Bertz CT molecular complexity index is 1110.